The molecule has 0 heterocycles. The molecule has 1 aromatic rings. The Labute approximate surface area is 160 Å². The number of benzene rings is 1. The van der Waals surface area contributed by atoms with Crippen LogP contribution in [-0.2, 0) is 27.5 Å². The van der Waals surface area contributed by atoms with Gasteiger partial charge in [-0.15, -0.1) is 0 Å². The van der Waals surface area contributed by atoms with Crippen molar-refractivity contribution in [3.05, 3.63) is 29.3 Å². The van der Waals surface area contributed by atoms with Gasteiger partial charge >= 0.3 is 0 Å². The van der Waals surface area contributed by atoms with Gasteiger partial charge in [-0.1, -0.05) is 19.9 Å². The summed E-state index contributed by atoms with van der Waals surface area (Å²) in [7, 11) is 1.59. The Bertz CT molecular complexity index is 599. The molecule has 1 aromatic carbocycles. The van der Waals surface area contributed by atoms with Crippen molar-refractivity contribution in [1.82, 2.24) is 10.6 Å². The Morgan fingerprint density at radius 3 is 2.11 bits per heavy atom. The second kappa shape index (κ2) is 11.7. The first-order valence-corrected chi connectivity index (χ1v) is 9.00. The van der Waals surface area contributed by atoms with E-state index in [2.05, 4.69) is 16.0 Å². The summed E-state index contributed by atoms with van der Waals surface area (Å²) in [5.41, 5.74) is 1.61. The van der Waals surface area contributed by atoms with Crippen LogP contribution in [0.3, 0.4) is 0 Å². The van der Waals surface area contributed by atoms with Crippen LogP contribution in [0.15, 0.2) is 18.2 Å². The van der Waals surface area contributed by atoms with Crippen molar-refractivity contribution < 1.29 is 24.5 Å². The van der Waals surface area contributed by atoms with Crippen LogP contribution in [0.2, 0.25) is 0 Å². The van der Waals surface area contributed by atoms with Crippen molar-refractivity contribution in [2.75, 3.05) is 25.6 Å². The maximum Gasteiger partial charge on any atom is 0.246 e. The zero-order valence-corrected chi connectivity index (χ0v) is 16.4. The normalized spacial score (nSPS) is 13.3. The number of hydrogen-bond acceptors (Lipinski definition) is 6. The average Bonchev–Trinajstić information content (AvgIpc) is 2.64. The standard InChI is InChI=1S/C19H31N3O5/c1-12(2)17(20-5-6-27-4)19(26)21-13(3)18(25)22-16-8-14(10-23)7-15(9-16)11-24/h7-9,12-13,17,20,23-24H,5-6,10-11H2,1-4H3,(H,21,26)(H,22,25)/t13-,17-/m0/s1. The maximum atomic E-state index is 12.5. The molecule has 2 atom stereocenters. The molecule has 0 aliphatic carbocycles. The maximum absolute atomic E-state index is 12.5. The summed E-state index contributed by atoms with van der Waals surface area (Å²) in [6.07, 6.45) is 0. The van der Waals surface area contributed by atoms with Gasteiger partial charge in [0.15, 0.2) is 0 Å². The Hall–Kier alpha value is -2.00. The van der Waals surface area contributed by atoms with E-state index in [-0.39, 0.29) is 30.9 Å². The zero-order valence-electron chi connectivity index (χ0n) is 16.4. The summed E-state index contributed by atoms with van der Waals surface area (Å²) in [5, 5.41) is 27.1. The fourth-order valence-corrected chi connectivity index (χ4v) is 2.58. The number of aliphatic hydroxyl groups excluding tert-OH is 2. The molecule has 0 aliphatic rings. The molecule has 152 valence electrons. The largest absolute Gasteiger partial charge is 0.392 e. The highest BCUT2D eigenvalue weighted by Crippen LogP contribution is 2.16. The lowest BCUT2D eigenvalue weighted by atomic mass is 10.0. The lowest BCUT2D eigenvalue weighted by molar-refractivity contribution is -0.128. The molecule has 0 fully saturated rings. The Kier molecular flexibility index (Phi) is 9.95. The van der Waals surface area contributed by atoms with E-state index in [0.717, 1.165) is 0 Å². The van der Waals surface area contributed by atoms with Gasteiger partial charge in [0.2, 0.25) is 11.8 Å². The highest BCUT2D eigenvalue weighted by molar-refractivity contribution is 5.97. The van der Waals surface area contributed by atoms with Crippen LogP contribution >= 0.6 is 0 Å². The molecule has 0 aromatic heterocycles. The number of ether oxygens (including phenoxy) is 1. The van der Waals surface area contributed by atoms with E-state index in [4.69, 9.17) is 4.74 Å². The molecule has 5 N–H and O–H groups in total. The third-order valence-electron chi connectivity index (χ3n) is 4.06. The molecular weight excluding hydrogens is 350 g/mol. The van der Waals surface area contributed by atoms with Gasteiger partial charge < -0.3 is 30.9 Å². The van der Waals surface area contributed by atoms with E-state index in [1.165, 1.54) is 0 Å². The number of amides is 2. The highest BCUT2D eigenvalue weighted by Gasteiger charge is 2.25. The van der Waals surface area contributed by atoms with Crippen LogP contribution in [0.4, 0.5) is 5.69 Å². The lowest BCUT2D eigenvalue weighted by Crippen LogP contribution is -2.52. The highest BCUT2D eigenvalue weighted by atomic mass is 16.5. The number of aliphatic hydroxyl groups is 2. The number of nitrogens with one attached hydrogen (secondary N) is 3. The number of rotatable bonds is 11. The monoisotopic (exact) mass is 381 g/mol. The fourth-order valence-electron chi connectivity index (χ4n) is 2.58. The molecule has 0 aliphatic heterocycles. The van der Waals surface area contributed by atoms with Gasteiger partial charge in [0.1, 0.15) is 6.04 Å². The molecule has 27 heavy (non-hydrogen) atoms. The summed E-state index contributed by atoms with van der Waals surface area (Å²) >= 11 is 0. The van der Waals surface area contributed by atoms with Crippen molar-refractivity contribution in [3.63, 3.8) is 0 Å². The molecule has 0 unspecified atom stereocenters. The third kappa shape index (κ3) is 7.64. The summed E-state index contributed by atoms with van der Waals surface area (Å²) < 4.78 is 4.98. The fraction of sp³-hybridized carbons (Fsp3) is 0.579. The van der Waals surface area contributed by atoms with Crippen LogP contribution in [0, 0.1) is 5.92 Å². The van der Waals surface area contributed by atoms with Gasteiger partial charge in [-0.2, -0.15) is 0 Å². The topological polar surface area (TPSA) is 120 Å². The minimum atomic E-state index is -0.752. The molecule has 8 nitrogen and oxygen atoms in total. The van der Waals surface area contributed by atoms with Crippen molar-refractivity contribution >= 4 is 17.5 Å². The lowest BCUT2D eigenvalue weighted by Gasteiger charge is -2.24. The van der Waals surface area contributed by atoms with Crippen molar-refractivity contribution in [1.29, 1.82) is 0 Å². The minimum absolute atomic E-state index is 0.0467. The second-order valence-electron chi connectivity index (χ2n) is 6.74. The van der Waals surface area contributed by atoms with Gasteiger partial charge in [0.05, 0.1) is 25.9 Å². The van der Waals surface area contributed by atoms with Crippen molar-refractivity contribution in [3.8, 4) is 0 Å². The van der Waals surface area contributed by atoms with Gasteiger partial charge in [-0.3, -0.25) is 9.59 Å². The molecule has 0 spiro atoms. The van der Waals surface area contributed by atoms with Crippen LogP contribution in [-0.4, -0.2) is 54.4 Å². The number of hydrogen-bond donors (Lipinski definition) is 5. The first-order valence-electron chi connectivity index (χ1n) is 9.00. The average molecular weight is 381 g/mol. The van der Waals surface area contributed by atoms with E-state index < -0.39 is 12.1 Å². The summed E-state index contributed by atoms with van der Waals surface area (Å²) in [4.78, 5) is 24.9. The molecule has 8 heteroatoms. The van der Waals surface area contributed by atoms with Crippen LogP contribution in [0.1, 0.15) is 31.9 Å². The number of carbonyl (C=O) groups is 2. The van der Waals surface area contributed by atoms with Crippen LogP contribution < -0.4 is 16.0 Å². The molecule has 0 bridgehead atoms. The third-order valence-corrected chi connectivity index (χ3v) is 4.06. The van der Waals surface area contributed by atoms with E-state index in [1.54, 1.807) is 32.2 Å². The van der Waals surface area contributed by atoms with Gasteiger partial charge in [-0.25, -0.2) is 0 Å². The predicted octanol–water partition coefficient (Wildman–Crippen LogP) is 0.375. The summed E-state index contributed by atoms with van der Waals surface area (Å²) in [6, 6.07) is 3.70. The quantitative estimate of drug-likeness (QED) is 0.353. The predicted molar refractivity (Wildman–Crippen MR) is 103 cm³/mol. The Morgan fingerprint density at radius 1 is 1.04 bits per heavy atom. The first kappa shape index (κ1) is 23.0. The summed E-state index contributed by atoms with van der Waals surface area (Å²) in [6.45, 7) is 6.06. The summed E-state index contributed by atoms with van der Waals surface area (Å²) in [5.74, 6) is -0.601. The SMILES string of the molecule is COCCN[C@H](C(=O)N[C@@H](C)C(=O)Nc1cc(CO)cc(CO)c1)C(C)C. The van der Waals surface area contributed by atoms with E-state index >= 15 is 0 Å². The Morgan fingerprint density at radius 2 is 1.63 bits per heavy atom. The van der Waals surface area contributed by atoms with Crippen LogP contribution in [0.5, 0.6) is 0 Å². The number of carbonyl (C=O) groups excluding carboxylic acids is 2. The molecule has 0 radical (unpaired) electrons. The van der Waals surface area contributed by atoms with Gasteiger partial charge in [0, 0.05) is 19.3 Å². The minimum Gasteiger partial charge on any atom is -0.392 e. The molecular formula is C19H31N3O5. The molecule has 1 rings (SSSR count). The van der Waals surface area contributed by atoms with Crippen molar-refractivity contribution in [2.45, 2.75) is 46.1 Å². The zero-order chi connectivity index (χ0) is 20.4. The number of methoxy groups -OCH3 is 1. The van der Waals surface area contributed by atoms with Gasteiger partial charge in [-0.05, 0) is 36.1 Å². The molecule has 0 saturated carbocycles. The van der Waals surface area contributed by atoms with Crippen molar-refractivity contribution in [2.24, 2.45) is 5.92 Å². The number of anilines is 1. The van der Waals surface area contributed by atoms with E-state index in [9.17, 15) is 19.8 Å². The Balaban J connectivity index is 2.71. The van der Waals surface area contributed by atoms with E-state index in [1.807, 2.05) is 13.8 Å². The van der Waals surface area contributed by atoms with Gasteiger partial charge in [0.25, 0.3) is 0 Å². The molecule has 0 saturated heterocycles. The smallest absolute Gasteiger partial charge is 0.246 e. The molecule has 2 amide bonds. The van der Waals surface area contributed by atoms with E-state index in [0.29, 0.717) is 30.0 Å². The van der Waals surface area contributed by atoms with Crippen LogP contribution in [0.25, 0.3) is 0 Å². The first-order chi connectivity index (χ1) is 12.8. The second-order valence-corrected chi connectivity index (χ2v) is 6.74.